The van der Waals surface area contributed by atoms with E-state index in [1.807, 2.05) is 61.7 Å². The molecule has 5 rings (SSSR count). The molecule has 2 aromatic heterocycles. The van der Waals surface area contributed by atoms with E-state index in [1.165, 1.54) is 23.5 Å². The number of aryl methyl sites for hydroxylation is 2. The van der Waals surface area contributed by atoms with E-state index < -0.39 is 12.0 Å². The van der Waals surface area contributed by atoms with E-state index in [2.05, 4.69) is 4.99 Å². The molecule has 1 aliphatic rings. The van der Waals surface area contributed by atoms with Crippen LogP contribution in [0.25, 0.3) is 11.8 Å². The minimum atomic E-state index is -0.639. The second kappa shape index (κ2) is 10.0. The third-order valence-corrected chi connectivity index (χ3v) is 7.73. The molecule has 0 aliphatic carbocycles. The molecule has 6 nitrogen and oxygen atoms in total. The number of thiazole rings is 1. The molecule has 1 aliphatic heterocycles. The van der Waals surface area contributed by atoms with Gasteiger partial charge in [-0.3, -0.25) is 9.36 Å². The van der Waals surface area contributed by atoms with Crippen molar-refractivity contribution < 1.29 is 13.9 Å². The highest BCUT2D eigenvalue weighted by Crippen LogP contribution is 2.31. The van der Waals surface area contributed by atoms with Gasteiger partial charge >= 0.3 is 5.97 Å². The summed E-state index contributed by atoms with van der Waals surface area (Å²) in [5, 5.41) is 0. The van der Waals surface area contributed by atoms with Crippen molar-refractivity contribution in [3.05, 3.63) is 119 Å². The van der Waals surface area contributed by atoms with Crippen molar-refractivity contribution in [2.75, 3.05) is 6.61 Å². The fraction of sp³-hybridized carbons (Fsp3) is 0.233. The molecule has 0 radical (unpaired) electrons. The van der Waals surface area contributed by atoms with Crippen LogP contribution in [0.3, 0.4) is 0 Å². The topological polar surface area (TPSA) is 65.6 Å². The van der Waals surface area contributed by atoms with Crippen LogP contribution >= 0.6 is 11.3 Å². The van der Waals surface area contributed by atoms with Gasteiger partial charge in [0.05, 0.1) is 28.5 Å². The van der Waals surface area contributed by atoms with Gasteiger partial charge in [0.2, 0.25) is 0 Å². The molecule has 0 N–H and O–H groups in total. The average Bonchev–Trinajstić information content (AvgIpc) is 3.34. The normalized spacial score (nSPS) is 15.4. The second-order valence-electron chi connectivity index (χ2n) is 9.35. The summed E-state index contributed by atoms with van der Waals surface area (Å²) < 4.78 is 23.0. The molecule has 38 heavy (non-hydrogen) atoms. The van der Waals surface area contributed by atoms with Crippen LogP contribution < -0.4 is 14.9 Å². The third-order valence-electron chi connectivity index (χ3n) is 6.75. The van der Waals surface area contributed by atoms with Gasteiger partial charge in [-0.15, -0.1) is 0 Å². The fourth-order valence-corrected chi connectivity index (χ4v) is 5.96. The van der Waals surface area contributed by atoms with Crippen LogP contribution in [0.5, 0.6) is 0 Å². The van der Waals surface area contributed by atoms with Crippen LogP contribution in [0.1, 0.15) is 48.0 Å². The molecule has 1 atom stereocenters. The second-order valence-corrected chi connectivity index (χ2v) is 10.4. The van der Waals surface area contributed by atoms with E-state index in [0.717, 1.165) is 33.8 Å². The zero-order valence-electron chi connectivity index (χ0n) is 21.9. The zero-order valence-corrected chi connectivity index (χ0v) is 22.7. The van der Waals surface area contributed by atoms with E-state index in [-0.39, 0.29) is 18.0 Å². The molecule has 8 heteroatoms. The van der Waals surface area contributed by atoms with Crippen molar-refractivity contribution in [3.63, 3.8) is 0 Å². The molecule has 2 aromatic carbocycles. The number of ether oxygens (including phenoxy) is 1. The first kappa shape index (κ1) is 25.6. The van der Waals surface area contributed by atoms with Crippen molar-refractivity contribution in [3.8, 4) is 5.69 Å². The van der Waals surface area contributed by atoms with Gasteiger partial charge in [0, 0.05) is 17.1 Å². The molecule has 0 bridgehead atoms. The standard InChI is InChI=1S/C30H28FN3O3S/c1-6-37-29(36)26-19(4)32-30-34(27(26)21-9-7-17(2)8-10-21)28(35)25(38-30)16-22-15-18(3)33(20(22)5)24-13-11-23(31)12-14-24/h7-16,27H,6H2,1-5H3/b25-16-. The molecule has 0 amide bonds. The van der Waals surface area contributed by atoms with Crippen molar-refractivity contribution in [1.82, 2.24) is 9.13 Å². The van der Waals surface area contributed by atoms with Crippen LogP contribution in [0, 0.1) is 26.6 Å². The number of allylic oxidation sites excluding steroid dienone is 1. The lowest BCUT2D eigenvalue weighted by Crippen LogP contribution is -2.39. The summed E-state index contributed by atoms with van der Waals surface area (Å²) in [5.74, 6) is -0.769. The van der Waals surface area contributed by atoms with Crippen LogP contribution in [-0.4, -0.2) is 21.7 Å². The molecular weight excluding hydrogens is 501 g/mol. The van der Waals surface area contributed by atoms with Gasteiger partial charge in [0.15, 0.2) is 4.80 Å². The smallest absolute Gasteiger partial charge is 0.338 e. The van der Waals surface area contributed by atoms with E-state index in [9.17, 15) is 14.0 Å². The average molecular weight is 530 g/mol. The zero-order chi connectivity index (χ0) is 27.1. The monoisotopic (exact) mass is 529 g/mol. The number of nitrogens with zero attached hydrogens (tertiary/aromatic N) is 3. The van der Waals surface area contributed by atoms with E-state index in [4.69, 9.17) is 4.74 Å². The number of aromatic nitrogens is 2. The molecule has 1 unspecified atom stereocenters. The van der Waals surface area contributed by atoms with Crippen LogP contribution in [0.4, 0.5) is 4.39 Å². The molecule has 194 valence electrons. The lowest BCUT2D eigenvalue weighted by atomic mass is 9.95. The van der Waals surface area contributed by atoms with Gasteiger partial charge in [-0.25, -0.2) is 14.2 Å². The Kier molecular flexibility index (Phi) is 6.75. The number of hydrogen-bond acceptors (Lipinski definition) is 5. The highest BCUT2D eigenvalue weighted by molar-refractivity contribution is 7.07. The quantitative estimate of drug-likeness (QED) is 0.354. The Morgan fingerprint density at radius 1 is 1.08 bits per heavy atom. The predicted octanol–water partition coefficient (Wildman–Crippen LogP) is 4.65. The SMILES string of the molecule is CCOC(=O)C1=C(C)N=c2s/c(=C\c3cc(C)n(-c4ccc(F)cc4)c3C)c(=O)n2C1c1ccc(C)cc1. The van der Waals surface area contributed by atoms with Crippen molar-refractivity contribution >= 4 is 23.4 Å². The first-order valence-corrected chi connectivity index (χ1v) is 13.2. The number of carbonyl (C=O) groups excluding carboxylic acids is 1. The Hall–Kier alpha value is -4.04. The summed E-state index contributed by atoms with van der Waals surface area (Å²) in [6.07, 6.45) is 1.86. The summed E-state index contributed by atoms with van der Waals surface area (Å²) in [5.41, 5.74) is 6.19. The summed E-state index contributed by atoms with van der Waals surface area (Å²) >= 11 is 1.29. The number of carbonyl (C=O) groups is 1. The van der Waals surface area contributed by atoms with Crippen molar-refractivity contribution in [1.29, 1.82) is 0 Å². The molecule has 0 fully saturated rings. The maximum atomic E-state index is 13.9. The van der Waals surface area contributed by atoms with Gasteiger partial charge in [0.1, 0.15) is 5.82 Å². The number of esters is 1. The van der Waals surface area contributed by atoms with Gasteiger partial charge < -0.3 is 9.30 Å². The molecule has 0 spiro atoms. The maximum Gasteiger partial charge on any atom is 0.338 e. The number of fused-ring (bicyclic) bond motifs is 1. The van der Waals surface area contributed by atoms with Gasteiger partial charge in [-0.05, 0) is 82.2 Å². The maximum absolute atomic E-state index is 13.9. The van der Waals surface area contributed by atoms with Crippen LogP contribution in [0.15, 0.2) is 75.7 Å². The molecule has 3 heterocycles. The Morgan fingerprint density at radius 3 is 2.42 bits per heavy atom. The molecule has 4 aromatic rings. The first-order valence-electron chi connectivity index (χ1n) is 12.4. The summed E-state index contributed by atoms with van der Waals surface area (Å²) in [6.45, 7) is 9.70. The van der Waals surface area contributed by atoms with Crippen molar-refractivity contribution in [2.45, 2.75) is 40.7 Å². The number of halogens is 1. The first-order chi connectivity index (χ1) is 18.2. The molecule has 0 saturated carbocycles. The van der Waals surface area contributed by atoms with Gasteiger partial charge in [-0.1, -0.05) is 41.2 Å². The third kappa shape index (κ3) is 4.45. The Labute approximate surface area is 223 Å². The van der Waals surface area contributed by atoms with Crippen LogP contribution in [-0.2, 0) is 9.53 Å². The summed E-state index contributed by atoms with van der Waals surface area (Å²) in [7, 11) is 0. The van der Waals surface area contributed by atoms with E-state index >= 15 is 0 Å². The molecule has 0 saturated heterocycles. The van der Waals surface area contributed by atoms with Crippen molar-refractivity contribution in [2.24, 2.45) is 4.99 Å². The van der Waals surface area contributed by atoms with Gasteiger partial charge in [0.25, 0.3) is 5.56 Å². The summed E-state index contributed by atoms with van der Waals surface area (Å²) in [6, 6.07) is 15.5. The Balaban J connectivity index is 1.68. The Bertz CT molecular complexity index is 1760. The molecular formula is C30H28FN3O3S. The number of rotatable bonds is 5. The fourth-order valence-electron chi connectivity index (χ4n) is 4.92. The minimum absolute atomic E-state index is 0.222. The predicted molar refractivity (Wildman–Crippen MR) is 147 cm³/mol. The lowest BCUT2D eigenvalue weighted by Gasteiger charge is -2.24. The lowest BCUT2D eigenvalue weighted by molar-refractivity contribution is -0.139. The minimum Gasteiger partial charge on any atom is -0.463 e. The Morgan fingerprint density at radius 2 is 1.76 bits per heavy atom. The highest BCUT2D eigenvalue weighted by Gasteiger charge is 2.33. The number of hydrogen-bond donors (Lipinski definition) is 0. The van der Waals surface area contributed by atoms with Crippen LogP contribution in [0.2, 0.25) is 0 Å². The number of benzene rings is 2. The largest absolute Gasteiger partial charge is 0.463 e. The summed E-state index contributed by atoms with van der Waals surface area (Å²) in [4.78, 5) is 32.1. The van der Waals surface area contributed by atoms with E-state index in [0.29, 0.717) is 20.6 Å². The van der Waals surface area contributed by atoms with E-state index in [1.54, 1.807) is 30.5 Å². The van der Waals surface area contributed by atoms with Gasteiger partial charge in [-0.2, -0.15) is 0 Å². The highest BCUT2D eigenvalue weighted by atomic mass is 32.1.